The van der Waals surface area contributed by atoms with Gasteiger partial charge in [0.1, 0.15) is 21.9 Å². The smallest absolute Gasteiger partial charge is 0.231 e. The lowest BCUT2D eigenvalue weighted by Crippen LogP contribution is -2.31. The van der Waals surface area contributed by atoms with Crippen LogP contribution < -0.4 is 20.9 Å². The second-order valence-corrected chi connectivity index (χ2v) is 16.1. The molecule has 0 fully saturated rings. The molecule has 6 aromatic rings. The lowest BCUT2D eigenvalue weighted by molar-refractivity contribution is -0.118. The number of nitrogens with zero attached hydrogens (tertiary/aromatic N) is 8. The van der Waals surface area contributed by atoms with E-state index in [0.29, 0.717) is 81.6 Å². The van der Waals surface area contributed by atoms with Crippen molar-refractivity contribution in [1.82, 2.24) is 29.9 Å². The molecular formula is C44H46BrCl2F2N10O4P. The zero-order valence-electron chi connectivity index (χ0n) is 34.9. The molecule has 2 amide bonds. The highest BCUT2D eigenvalue weighted by Gasteiger charge is 2.31. The minimum Gasteiger partial charge on any atom is -0.395 e. The molecule has 64 heavy (non-hydrogen) atoms. The van der Waals surface area contributed by atoms with E-state index in [1.54, 1.807) is 75.0 Å². The summed E-state index contributed by atoms with van der Waals surface area (Å²) in [6.07, 6.45) is 7.56. The van der Waals surface area contributed by atoms with Gasteiger partial charge in [-0.05, 0) is 113 Å². The van der Waals surface area contributed by atoms with Crippen molar-refractivity contribution < 1.29 is 28.6 Å². The lowest BCUT2D eigenvalue weighted by Gasteiger charge is -2.19. The molecule has 3 unspecified atom stereocenters. The summed E-state index contributed by atoms with van der Waals surface area (Å²) < 4.78 is 30.4. The van der Waals surface area contributed by atoms with Crippen molar-refractivity contribution in [2.45, 2.75) is 51.6 Å². The molecule has 0 radical (unpaired) electrons. The summed E-state index contributed by atoms with van der Waals surface area (Å²) in [5, 5.41) is 20.8. The van der Waals surface area contributed by atoms with Gasteiger partial charge in [-0.2, -0.15) is 9.90 Å². The Hall–Kier alpha value is -5.13. The Morgan fingerprint density at radius 1 is 0.750 bits per heavy atom. The predicted molar refractivity (Wildman–Crippen MR) is 253 cm³/mol. The first-order chi connectivity index (χ1) is 30.3. The van der Waals surface area contributed by atoms with Gasteiger partial charge in [0.15, 0.2) is 4.73 Å². The normalized spacial score (nSPS) is 13.3. The van der Waals surface area contributed by atoms with Gasteiger partial charge in [0.2, 0.25) is 17.8 Å². The van der Waals surface area contributed by atoms with Gasteiger partial charge >= 0.3 is 0 Å². The zero-order chi connectivity index (χ0) is 45.2. The SMILES string of the molecule is CC(CO)Nc1nccc(-c2cc(F)c3c(c2)CCN3C(=O)Cc2cccnc2Cl)n1.CC(N)CO.O=C(Cc1cccnc1Cl)N1CCc2cc(-c3ccnc(Br)n3)cc(F)c21.P. The second-order valence-electron chi connectivity index (χ2n) is 14.6. The number of aliphatic hydroxyl groups excluding tert-OH is 2. The average molecular weight is 999 g/mol. The number of hydrogen-bond donors (Lipinski definition) is 4. The van der Waals surface area contributed by atoms with E-state index in [2.05, 4.69) is 51.2 Å². The number of amides is 2. The van der Waals surface area contributed by atoms with Gasteiger partial charge in [-0.1, -0.05) is 35.3 Å². The van der Waals surface area contributed by atoms with Crippen molar-refractivity contribution in [1.29, 1.82) is 0 Å². The number of carbonyl (C=O) groups excluding carboxylic acids is 2. The molecule has 2 aliphatic rings. The third kappa shape index (κ3) is 12.6. The zero-order valence-corrected chi connectivity index (χ0v) is 39.4. The Labute approximate surface area is 390 Å². The largest absolute Gasteiger partial charge is 0.395 e. The van der Waals surface area contributed by atoms with Gasteiger partial charge in [-0.15, -0.1) is 0 Å². The molecule has 4 aromatic heterocycles. The number of aromatic nitrogens is 6. The molecule has 0 spiro atoms. The second kappa shape index (κ2) is 23.2. The fourth-order valence-corrected chi connectivity index (χ4v) is 7.43. The van der Waals surface area contributed by atoms with Crippen molar-refractivity contribution in [2.24, 2.45) is 5.73 Å². The minimum absolute atomic E-state index is 0. The third-order valence-electron chi connectivity index (χ3n) is 9.80. The summed E-state index contributed by atoms with van der Waals surface area (Å²) in [5.41, 5.74) is 10.9. The molecule has 6 heterocycles. The van der Waals surface area contributed by atoms with E-state index in [1.165, 1.54) is 21.9 Å². The molecule has 0 aliphatic carbocycles. The van der Waals surface area contributed by atoms with Crippen LogP contribution in [0.1, 0.15) is 36.1 Å². The first kappa shape index (κ1) is 49.9. The molecule has 0 saturated carbocycles. The number of nitrogens with one attached hydrogen (secondary N) is 1. The highest BCUT2D eigenvalue weighted by molar-refractivity contribution is 9.10. The number of pyridine rings is 2. The Morgan fingerprint density at radius 2 is 1.22 bits per heavy atom. The van der Waals surface area contributed by atoms with E-state index >= 15 is 4.39 Å². The van der Waals surface area contributed by atoms with Gasteiger partial charge in [0.05, 0.1) is 48.8 Å². The Bertz CT molecular complexity index is 2600. The maximum atomic E-state index is 15.1. The van der Waals surface area contributed by atoms with Crippen molar-refractivity contribution in [3.05, 3.63) is 134 Å². The van der Waals surface area contributed by atoms with E-state index < -0.39 is 11.6 Å². The van der Waals surface area contributed by atoms with Crippen LogP contribution in [0.3, 0.4) is 0 Å². The van der Waals surface area contributed by atoms with Gasteiger partial charge < -0.3 is 31.1 Å². The fourth-order valence-electron chi connectivity index (χ4n) is 6.75. The third-order valence-corrected chi connectivity index (χ3v) is 10.9. The van der Waals surface area contributed by atoms with Gasteiger partial charge in [-0.3, -0.25) is 9.59 Å². The van der Waals surface area contributed by atoms with Crippen molar-refractivity contribution in [2.75, 3.05) is 41.4 Å². The fraction of sp³-hybridized carbons (Fsp3) is 0.273. The van der Waals surface area contributed by atoms with Crippen molar-refractivity contribution in [3.8, 4) is 22.5 Å². The molecule has 5 N–H and O–H groups in total. The Kier molecular flexibility index (Phi) is 18.1. The summed E-state index contributed by atoms with van der Waals surface area (Å²) in [6.45, 7) is 4.40. The van der Waals surface area contributed by atoms with Crippen LogP contribution in [0.15, 0.2) is 90.2 Å². The summed E-state index contributed by atoms with van der Waals surface area (Å²) in [5.74, 6) is -1.01. The summed E-state index contributed by atoms with van der Waals surface area (Å²) in [4.78, 5) is 53.3. The van der Waals surface area contributed by atoms with Crippen LogP contribution in [0.5, 0.6) is 0 Å². The molecule has 336 valence electrons. The van der Waals surface area contributed by atoms with E-state index in [1.807, 2.05) is 12.1 Å². The molecular weight excluding hydrogens is 952 g/mol. The van der Waals surface area contributed by atoms with E-state index in [9.17, 15) is 19.1 Å². The van der Waals surface area contributed by atoms with Crippen molar-refractivity contribution in [3.63, 3.8) is 0 Å². The molecule has 2 aromatic carbocycles. The van der Waals surface area contributed by atoms with E-state index in [0.717, 1.165) is 11.1 Å². The first-order valence-corrected chi connectivity index (χ1v) is 21.3. The highest BCUT2D eigenvalue weighted by Crippen LogP contribution is 2.37. The van der Waals surface area contributed by atoms with Gasteiger partial charge in [0, 0.05) is 61.1 Å². The highest BCUT2D eigenvalue weighted by atomic mass is 79.9. The average Bonchev–Trinajstić information content (AvgIpc) is 3.92. The summed E-state index contributed by atoms with van der Waals surface area (Å²) in [7, 11) is 0. The van der Waals surface area contributed by atoms with E-state index in [4.69, 9.17) is 34.0 Å². The molecule has 20 heteroatoms. The maximum Gasteiger partial charge on any atom is 0.231 e. The van der Waals surface area contributed by atoms with Crippen LogP contribution >= 0.6 is 49.0 Å². The number of fused-ring (bicyclic) bond motifs is 2. The number of aliphatic hydroxyl groups is 2. The molecule has 3 atom stereocenters. The maximum absolute atomic E-state index is 15.1. The van der Waals surface area contributed by atoms with Crippen LogP contribution in [-0.2, 0) is 35.3 Å². The number of halogens is 5. The standard InChI is InChI=1S/C22H21ClFN5O2.C19H13BrClFN4O.C3H9NO.H3P/c1-13(12-30)27-22-26-7-4-18(28-22)16-9-14-5-8-29(20(14)17(24)10-16)19(31)11-15-3-2-6-25-21(15)23;20-19-24-6-3-15(25-19)13-8-11-4-7-26(17(11)14(22)9-13)16(27)10-12-2-1-5-23-18(12)21;1-3(4)2-5;/h2-4,6-7,9-10,13,30H,5,8,11-12H2,1H3,(H,26,27,28);1-3,5-6,8-9H,4,7,10H2;3,5H,2,4H2,1H3;1H3. The number of nitrogens with two attached hydrogens (primary N) is 1. The summed E-state index contributed by atoms with van der Waals surface area (Å²) >= 11 is 15.3. The number of carbonyl (C=O) groups is 2. The number of rotatable bonds is 10. The van der Waals surface area contributed by atoms with E-state index in [-0.39, 0.29) is 70.2 Å². The number of anilines is 3. The molecule has 8 rings (SSSR count). The van der Waals surface area contributed by atoms with Gasteiger partial charge in [-0.25, -0.2) is 38.7 Å². The minimum atomic E-state index is -0.479. The topological polar surface area (TPSA) is 196 Å². The quantitative estimate of drug-likeness (QED) is 0.0633. The van der Waals surface area contributed by atoms with Crippen LogP contribution in [-0.4, -0.2) is 90.3 Å². The van der Waals surface area contributed by atoms with Crippen LogP contribution in [0.4, 0.5) is 26.1 Å². The molecule has 2 aliphatic heterocycles. The predicted octanol–water partition coefficient (Wildman–Crippen LogP) is 6.87. The Balaban J connectivity index is 0.000000216. The summed E-state index contributed by atoms with van der Waals surface area (Å²) in [6, 6.07) is 16.6. The van der Waals surface area contributed by atoms with Crippen LogP contribution in [0.25, 0.3) is 22.5 Å². The molecule has 14 nitrogen and oxygen atoms in total. The van der Waals surface area contributed by atoms with Crippen molar-refractivity contribution >= 4 is 78.2 Å². The lowest BCUT2D eigenvalue weighted by atomic mass is 10.0. The monoisotopic (exact) mass is 996 g/mol. The first-order valence-electron chi connectivity index (χ1n) is 19.8. The van der Waals surface area contributed by atoms with Crippen LogP contribution in [0.2, 0.25) is 10.3 Å². The molecule has 0 saturated heterocycles. The van der Waals surface area contributed by atoms with Crippen LogP contribution in [0, 0.1) is 11.6 Å². The van der Waals surface area contributed by atoms with Gasteiger partial charge in [0.25, 0.3) is 0 Å². The molecule has 0 bridgehead atoms. The Morgan fingerprint density at radius 3 is 1.66 bits per heavy atom. The number of hydrogen-bond acceptors (Lipinski definition) is 12. The number of benzene rings is 2.